The van der Waals surface area contributed by atoms with Gasteiger partial charge in [-0.05, 0) is 36.6 Å². The van der Waals surface area contributed by atoms with Gasteiger partial charge in [0.05, 0.1) is 6.04 Å². The Morgan fingerprint density at radius 1 is 0.829 bits per heavy atom. The lowest BCUT2D eigenvalue weighted by molar-refractivity contribution is -0.133. The van der Waals surface area contributed by atoms with Crippen LogP contribution in [0.1, 0.15) is 46.4 Å². The molecule has 1 aliphatic rings. The van der Waals surface area contributed by atoms with Crippen LogP contribution in [0.3, 0.4) is 0 Å². The first-order valence-electron chi connectivity index (χ1n) is 12.5. The summed E-state index contributed by atoms with van der Waals surface area (Å²) in [6.07, 6.45) is 0.327. The van der Waals surface area contributed by atoms with Crippen LogP contribution in [0, 0.1) is 6.92 Å². The van der Waals surface area contributed by atoms with Gasteiger partial charge in [0.2, 0.25) is 5.91 Å². The van der Waals surface area contributed by atoms with Crippen molar-refractivity contribution in [3.8, 4) is 0 Å². The predicted octanol–water partition coefficient (Wildman–Crippen LogP) is 4.93. The molecule has 1 unspecified atom stereocenters. The molecular weight excluding hydrogens is 434 g/mol. The van der Waals surface area contributed by atoms with Crippen molar-refractivity contribution in [3.63, 3.8) is 0 Å². The van der Waals surface area contributed by atoms with Crippen molar-refractivity contribution in [1.29, 1.82) is 0 Å². The number of hydrogen-bond donors (Lipinski definition) is 0. The van der Waals surface area contributed by atoms with Crippen molar-refractivity contribution >= 4 is 11.8 Å². The fourth-order valence-corrected chi connectivity index (χ4v) is 4.72. The molecule has 2 amide bonds. The summed E-state index contributed by atoms with van der Waals surface area (Å²) in [7, 11) is 0. The summed E-state index contributed by atoms with van der Waals surface area (Å²) in [5.74, 6) is 0.0899. The topological polar surface area (TPSA) is 43.9 Å². The Kier molecular flexibility index (Phi) is 8.32. The van der Waals surface area contributed by atoms with E-state index < -0.39 is 0 Å². The average Bonchev–Trinajstić information content (AvgIpc) is 2.90. The minimum Gasteiger partial charge on any atom is -0.340 e. The molecule has 0 bridgehead atoms. The van der Waals surface area contributed by atoms with E-state index in [1.165, 1.54) is 5.56 Å². The van der Waals surface area contributed by atoms with Gasteiger partial charge < -0.3 is 9.80 Å². The highest BCUT2D eigenvalue weighted by Gasteiger charge is 2.26. The van der Waals surface area contributed by atoms with Crippen molar-refractivity contribution in [2.45, 2.75) is 32.9 Å². The number of carbonyl (C=O) groups is 2. The van der Waals surface area contributed by atoms with Crippen LogP contribution in [-0.2, 0) is 11.3 Å². The van der Waals surface area contributed by atoms with Gasteiger partial charge in [0.15, 0.2) is 0 Å². The van der Waals surface area contributed by atoms with Gasteiger partial charge in [0.1, 0.15) is 0 Å². The molecule has 5 heteroatoms. The second-order valence-corrected chi connectivity index (χ2v) is 9.29. The third kappa shape index (κ3) is 6.37. The van der Waals surface area contributed by atoms with Gasteiger partial charge in [0.25, 0.3) is 5.91 Å². The lowest BCUT2D eigenvalue weighted by Gasteiger charge is -2.36. The standard InChI is InChI=1S/C30H35N3O2/c1-24-11-9-10-16-28(24)30(35)33(25(2)27-14-7-4-8-15-27)18-17-29(34)32-21-19-31(20-22-32)23-26-12-5-3-6-13-26/h3-16,25H,17-23H2,1-2H3. The molecule has 3 aromatic rings. The van der Waals surface area contributed by atoms with E-state index in [0.29, 0.717) is 18.5 Å². The number of rotatable bonds is 8. The maximum Gasteiger partial charge on any atom is 0.254 e. The Bertz CT molecular complexity index is 1110. The summed E-state index contributed by atoms with van der Waals surface area (Å²) in [6, 6.07) is 28.0. The smallest absolute Gasteiger partial charge is 0.254 e. The van der Waals surface area contributed by atoms with Crippen molar-refractivity contribution in [2.75, 3.05) is 32.7 Å². The molecule has 182 valence electrons. The quantitative estimate of drug-likeness (QED) is 0.470. The molecule has 0 saturated carbocycles. The first-order chi connectivity index (χ1) is 17.0. The van der Waals surface area contributed by atoms with E-state index in [4.69, 9.17) is 0 Å². The number of carbonyl (C=O) groups excluding carboxylic acids is 2. The summed E-state index contributed by atoms with van der Waals surface area (Å²) >= 11 is 0. The minimum absolute atomic E-state index is 0.0278. The maximum absolute atomic E-state index is 13.6. The molecule has 3 aromatic carbocycles. The monoisotopic (exact) mass is 469 g/mol. The summed E-state index contributed by atoms with van der Waals surface area (Å²) in [4.78, 5) is 32.9. The first kappa shape index (κ1) is 24.7. The molecule has 1 saturated heterocycles. The van der Waals surface area contributed by atoms with E-state index in [1.54, 1.807) is 0 Å². The summed E-state index contributed by atoms with van der Waals surface area (Å²) < 4.78 is 0. The number of piperazine rings is 1. The highest BCUT2D eigenvalue weighted by molar-refractivity contribution is 5.96. The van der Waals surface area contributed by atoms with E-state index in [-0.39, 0.29) is 17.9 Å². The Hall–Kier alpha value is -3.44. The maximum atomic E-state index is 13.6. The van der Waals surface area contributed by atoms with Crippen LogP contribution in [0.2, 0.25) is 0 Å². The van der Waals surface area contributed by atoms with Crippen molar-refractivity contribution in [3.05, 3.63) is 107 Å². The molecule has 0 aromatic heterocycles. The van der Waals surface area contributed by atoms with Crippen molar-refractivity contribution in [2.24, 2.45) is 0 Å². The third-order valence-corrected chi connectivity index (χ3v) is 6.93. The fraction of sp³-hybridized carbons (Fsp3) is 0.333. The van der Waals surface area contributed by atoms with Crippen molar-refractivity contribution in [1.82, 2.24) is 14.7 Å². The Morgan fingerprint density at radius 3 is 2.09 bits per heavy atom. The molecule has 35 heavy (non-hydrogen) atoms. The van der Waals surface area contributed by atoms with Gasteiger partial charge in [-0.2, -0.15) is 0 Å². The fourth-order valence-electron chi connectivity index (χ4n) is 4.72. The highest BCUT2D eigenvalue weighted by Crippen LogP contribution is 2.24. The zero-order valence-electron chi connectivity index (χ0n) is 20.8. The molecule has 4 rings (SSSR count). The minimum atomic E-state index is -0.126. The highest BCUT2D eigenvalue weighted by atomic mass is 16.2. The number of aryl methyl sites for hydroxylation is 1. The van der Waals surface area contributed by atoms with Crippen LogP contribution in [0.5, 0.6) is 0 Å². The lowest BCUT2D eigenvalue weighted by Crippen LogP contribution is -2.49. The van der Waals surface area contributed by atoms with Crippen molar-refractivity contribution < 1.29 is 9.59 Å². The molecule has 0 spiro atoms. The Labute approximate surface area is 209 Å². The summed E-state index contributed by atoms with van der Waals surface area (Å²) in [5, 5.41) is 0. The number of benzene rings is 3. The third-order valence-electron chi connectivity index (χ3n) is 6.93. The molecule has 0 N–H and O–H groups in total. The lowest BCUT2D eigenvalue weighted by atomic mass is 10.0. The van der Waals surface area contributed by atoms with Crippen LogP contribution in [-0.4, -0.2) is 59.2 Å². The zero-order chi connectivity index (χ0) is 24.6. The van der Waals surface area contributed by atoms with Crippen LogP contribution >= 0.6 is 0 Å². The Balaban J connectivity index is 1.39. The second kappa shape index (κ2) is 11.8. The number of amides is 2. The number of hydrogen-bond acceptors (Lipinski definition) is 3. The van der Waals surface area contributed by atoms with Gasteiger partial charge in [-0.15, -0.1) is 0 Å². The van der Waals surface area contributed by atoms with Gasteiger partial charge in [-0.3, -0.25) is 14.5 Å². The van der Waals surface area contributed by atoms with Gasteiger partial charge in [0, 0.05) is 51.3 Å². The van der Waals surface area contributed by atoms with E-state index in [1.807, 2.05) is 84.3 Å². The summed E-state index contributed by atoms with van der Waals surface area (Å²) in [5.41, 5.74) is 4.00. The van der Waals surface area contributed by atoms with E-state index in [2.05, 4.69) is 29.2 Å². The van der Waals surface area contributed by atoms with E-state index >= 15 is 0 Å². The van der Waals surface area contributed by atoms with E-state index in [9.17, 15) is 9.59 Å². The zero-order valence-corrected chi connectivity index (χ0v) is 20.8. The molecule has 0 aliphatic carbocycles. The van der Waals surface area contributed by atoms with Crippen LogP contribution in [0.4, 0.5) is 0 Å². The SMILES string of the molecule is Cc1ccccc1C(=O)N(CCC(=O)N1CCN(Cc2ccccc2)CC1)C(C)c1ccccc1. The van der Waals surface area contributed by atoms with Crippen LogP contribution in [0.15, 0.2) is 84.9 Å². The average molecular weight is 470 g/mol. The normalized spacial score (nSPS) is 15.0. The molecule has 1 aliphatic heterocycles. The number of nitrogens with zero attached hydrogens (tertiary/aromatic N) is 3. The second-order valence-electron chi connectivity index (χ2n) is 9.29. The van der Waals surface area contributed by atoms with Crippen LogP contribution < -0.4 is 0 Å². The molecule has 1 heterocycles. The molecule has 0 radical (unpaired) electrons. The van der Waals surface area contributed by atoms with Crippen LogP contribution in [0.25, 0.3) is 0 Å². The summed E-state index contributed by atoms with van der Waals surface area (Å²) in [6.45, 7) is 8.50. The van der Waals surface area contributed by atoms with E-state index in [0.717, 1.165) is 43.9 Å². The van der Waals surface area contributed by atoms with Gasteiger partial charge in [-0.1, -0.05) is 78.9 Å². The molecule has 5 nitrogen and oxygen atoms in total. The molecule has 1 atom stereocenters. The Morgan fingerprint density at radius 2 is 1.43 bits per heavy atom. The first-order valence-corrected chi connectivity index (χ1v) is 12.5. The van der Waals surface area contributed by atoms with Gasteiger partial charge >= 0.3 is 0 Å². The largest absolute Gasteiger partial charge is 0.340 e. The molecular formula is C30H35N3O2. The van der Waals surface area contributed by atoms with Gasteiger partial charge in [-0.25, -0.2) is 0 Å². The predicted molar refractivity (Wildman–Crippen MR) is 140 cm³/mol. The molecule has 1 fully saturated rings.